The summed E-state index contributed by atoms with van der Waals surface area (Å²) in [5, 5.41) is 0.375. The first-order valence-corrected chi connectivity index (χ1v) is 7.69. The fourth-order valence-corrected chi connectivity index (χ4v) is 2.88. The highest BCUT2D eigenvalue weighted by Crippen LogP contribution is 2.28. The molecule has 1 aliphatic carbocycles. The predicted molar refractivity (Wildman–Crippen MR) is 78.6 cm³/mol. The molecule has 0 unspecified atom stereocenters. The van der Waals surface area contributed by atoms with Crippen LogP contribution in [0.4, 0.5) is 4.39 Å². The maximum atomic E-state index is 13.2. The van der Waals surface area contributed by atoms with Crippen LogP contribution in [0, 0.1) is 11.7 Å². The van der Waals surface area contributed by atoms with Gasteiger partial charge in [-0.2, -0.15) is 0 Å². The molecule has 2 rings (SSSR count). The van der Waals surface area contributed by atoms with E-state index in [1.165, 1.54) is 12.1 Å². The van der Waals surface area contributed by atoms with Crippen LogP contribution < -0.4 is 0 Å². The zero-order valence-corrected chi connectivity index (χ0v) is 12.9. The minimum atomic E-state index is -0.355. The number of hydrogen-bond acceptors (Lipinski definition) is 3. The second-order valence-corrected chi connectivity index (χ2v) is 5.75. The van der Waals surface area contributed by atoms with E-state index in [1.807, 2.05) is 6.92 Å². The van der Waals surface area contributed by atoms with Crippen molar-refractivity contribution in [3.05, 3.63) is 34.6 Å². The van der Waals surface area contributed by atoms with Gasteiger partial charge in [-0.1, -0.05) is 11.6 Å². The molecule has 1 aromatic rings. The van der Waals surface area contributed by atoms with Crippen LogP contribution in [0.25, 0.3) is 0 Å². The van der Waals surface area contributed by atoms with Crippen molar-refractivity contribution in [2.45, 2.75) is 45.3 Å². The number of hydrogen-bond donors (Lipinski definition) is 0. The number of halogens is 2. The highest BCUT2D eigenvalue weighted by atomic mass is 35.5. The molecule has 1 fully saturated rings. The molecular weight excluding hydrogens is 295 g/mol. The van der Waals surface area contributed by atoms with Crippen LogP contribution in [0.15, 0.2) is 18.2 Å². The fraction of sp³-hybridized carbons (Fsp3) is 0.562. The van der Waals surface area contributed by atoms with Gasteiger partial charge in [-0.15, -0.1) is 0 Å². The summed E-state index contributed by atoms with van der Waals surface area (Å²) in [5.41, 5.74) is 0.729. The lowest BCUT2D eigenvalue weighted by molar-refractivity contribution is -0.150. The molecule has 0 atom stereocenters. The van der Waals surface area contributed by atoms with Gasteiger partial charge in [0.1, 0.15) is 5.82 Å². The molecule has 1 aromatic carbocycles. The first-order chi connectivity index (χ1) is 10.1. The third-order valence-electron chi connectivity index (χ3n) is 3.70. The number of carbonyl (C=O) groups is 1. The van der Waals surface area contributed by atoms with Crippen molar-refractivity contribution in [2.75, 3.05) is 6.61 Å². The topological polar surface area (TPSA) is 35.5 Å². The van der Waals surface area contributed by atoms with Crippen molar-refractivity contribution < 1.29 is 18.7 Å². The molecule has 1 saturated carbocycles. The number of carbonyl (C=O) groups excluding carboxylic acids is 1. The zero-order chi connectivity index (χ0) is 15.2. The lowest BCUT2D eigenvalue weighted by atomic mass is 9.87. The Kier molecular flexibility index (Phi) is 6.00. The largest absolute Gasteiger partial charge is 0.466 e. The van der Waals surface area contributed by atoms with Gasteiger partial charge in [0.25, 0.3) is 0 Å². The van der Waals surface area contributed by atoms with Crippen LogP contribution in [0.3, 0.4) is 0 Å². The molecule has 0 heterocycles. The summed E-state index contributed by atoms with van der Waals surface area (Å²) in [6, 6.07) is 4.40. The monoisotopic (exact) mass is 314 g/mol. The minimum absolute atomic E-state index is 0.00610. The molecule has 0 saturated heterocycles. The summed E-state index contributed by atoms with van der Waals surface area (Å²) in [7, 11) is 0. The Morgan fingerprint density at radius 2 is 2.00 bits per heavy atom. The maximum Gasteiger partial charge on any atom is 0.308 e. The second kappa shape index (κ2) is 7.76. The Morgan fingerprint density at radius 1 is 1.29 bits per heavy atom. The molecule has 3 nitrogen and oxygen atoms in total. The van der Waals surface area contributed by atoms with Gasteiger partial charge < -0.3 is 9.47 Å². The quantitative estimate of drug-likeness (QED) is 0.767. The highest BCUT2D eigenvalue weighted by Gasteiger charge is 2.27. The van der Waals surface area contributed by atoms with Gasteiger partial charge in [0.15, 0.2) is 0 Å². The van der Waals surface area contributed by atoms with Crippen molar-refractivity contribution in [3.8, 4) is 0 Å². The van der Waals surface area contributed by atoms with Gasteiger partial charge in [-0.3, -0.25) is 4.79 Å². The molecule has 116 valence electrons. The van der Waals surface area contributed by atoms with E-state index in [0.29, 0.717) is 18.2 Å². The van der Waals surface area contributed by atoms with E-state index >= 15 is 0 Å². The summed E-state index contributed by atoms with van der Waals surface area (Å²) in [6.45, 7) is 2.58. The molecule has 0 bridgehead atoms. The van der Waals surface area contributed by atoms with E-state index in [1.54, 1.807) is 6.07 Å². The summed E-state index contributed by atoms with van der Waals surface area (Å²) >= 11 is 5.81. The Bertz CT molecular complexity index is 464. The van der Waals surface area contributed by atoms with Crippen LogP contribution in [0.2, 0.25) is 5.02 Å². The number of ether oxygens (including phenoxy) is 2. The second-order valence-electron chi connectivity index (χ2n) is 5.31. The Morgan fingerprint density at radius 3 is 2.62 bits per heavy atom. The van der Waals surface area contributed by atoms with Crippen LogP contribution >= 0.6 is 11.6 Å². The highest BCUT2D eigenvalue weighted by molar-refractivity contribution is 6.30. The molecule has 0 radical (unpaired) electrons. The van der Waals surface area contributed by atoms with Crippen LogP contribution in [-0.4, -0.2) is 18.7 Å². The van der Waals surface area contributed by atoms with E-state index < -0.39 is 0 Å². The van der Waals surface area contributed by atoms with Gasteiger partial charge in [0, 0.05) is 5.02 Å². The number of esters is 1. The lowest BCUT2D eigenvalue weighted by Crippen LogP contribution is -2.27. The van der Waals surface area contributed by atoms with E-state index in [0.717, 1.165) is 31.2 Å². The standard InChI is InChI=1S/C16H20ClFO3/c1-2-20-16(19)12-3-5-15(6-4-12)21-10-11-7-13(17)9-14(18)8-11/h7-9,12,15H,2-6,10H2,1H3/t12-,15-. The van der Waals surface area contributed by atoms with Crippen molar-refractivity contribution in [3.63, 3.8) is 0 Å². The third kappa shape index (κ3) is 4.97. The molecule has 5 heteroatoms. The average molecular weight is 315 g/mol. The Hall–Kier alpha value is -1.13. The Labute approximate surface area is 129 Å². The smallest absolute Gasteiger partial charge is 0.308 e. The number of benzene rings is 1. The number of rotatable bonds is 5. The molecular formula is C16H20ClFO3. The maximum absolute atomic E-state index is 13.2. The summed E-state index contributed by atoms with van der Waals surface area (Å²) in [6.07, 6.45) is 3.33. The van der Waals surface area contributed by atoms with Crippen molar-refractivity contribution >= 4 is 17.6 Å². The van der Waals surface area contributed by atoms with Crippen LogP contribution in [-0.2, 0) is 20.9 Å². The van der Waals surface area contributed by atoms with Gasteiger partial charge in [0.2, 0.25) is 0 Å². The molecule has 0 spiro atoms. The lowest BCUT2D eigenvalue weighted by Gasteiger charge is -2.27. The molecule has 0 N–H and O–H groups in total. The van der Waals surface area contributed by atoms with Crippen LogP contribution in [0.1, 0.15) is 38.2 Å². The van der Waals surface area contributed by atoms with Gasteiger partial charge in [-0.05, 0) is 56.4 Å². The molecule has 21 heavy (non-hydrogen) atoms. The van der Waals surface area contributed by atoms with Gasteiger partial charge in [-0.25, -0.2) is 4.39 Å². The van der Waals surface area contributed by atoms with E-state index in [4.69, 9.17) is 21.1 Å². The van der Waals surface area contributed by atoms with E-state index in [2.05, 4.69) is 0 Å². The zero-order valence-electron chi connectivity index (χ0n) is 12.1. The summed E-state index contributed by atoms with van der Waals surface area (Å²) in [5.74, 6) is -0.464. The molecule has 0 aromatic heterocycles. The molecule has 0 amide bonds. The predicted octanol–water partition coefficient (Wildman–Crippen LogP) is 4.12. The SMILES string of the molecule is CCOC(=O)[C@H]1CC[C@H](OCc2cc(F)cc(Cl)c2)CC1. The van der Waals surface area contributed by atoms with Crippen molar-refractivity contribution in [1.82, 2.24) is 0 Å². The normalized spacial score (nSPS) is 22.0. The molecule has 1 aliphatic rings. The van der Waals surface area contributed by atoms with Crippen molar-refractivity contribution in [2.24, 2.45) is 5.92 Å². The van der Waals surface area contributed by atoms with Gasteiger partial charge in [0.05, 0.1) is 25.2 Å². The van der Waals surface area contributed by atoms with Crippen LogP contribution in [0.5, 0.6) is 0 Å². The average Bonchev–Trinajstić information content (AvgIpc) is 2.45. The first kappa shape index (κ1) is 16.2. The van der Waals surface area contributed by atoms with E-state index in [9.17, 15) is 9.18 Å². The van der Waals surface area contributed by atoms with Gasteiger partial charge >= 0.3 is 5.97 Å². The minimum Gasteiger partial charge on any atom is -0.466 e. The third-order valence-corrected chi connectivity index (χ3v) is 3.92. The summed E-state index contributed by atoms with van der Waals surface area (Å²) in [4.78, 5) is 11.6. The fourth-order valence-electron chi connectivity index (χ4n) is 2.63. The summed E-state index contributed by atoms with van der Waals surface area (Å²) < 4.78 is 24.0. The Balaban J connectivity index is 1.77. The van der Waals surface area contributed by atoms with E-state index in [-0.39, 0.29) is 23.8 Å². The van der Waals surface area contributed by atoms with Crippen molar-refractivity contribution in [1.29, 1.82) is 0 Å². The molecule has 0 aliphatic heterocycles. The first-order valence-electron chi connectivity index (χ1n) is 7.31.